The highest BCUT2D eigenvalue weighted by Gasteiger charge is 2.38. The largest absolute Gasteiger partial charge is 0.497 e. The first-order valence-electron chi connectivity index (χ1n) is 5.31. The number of ether oxygens (including phenoxy) is 1. The molecule has 94 valence electrons. The van der Waals surface area contributed by atoms with Crippen molar-refractivity contribution < 1.29 is 14.3 Å². The molecule has 0 radical (unpaired) electrons. The highest BCUT2D eigenvalue weighted by Crippen LogP contribution is 2.17. The van der Waals surface area contributed by atoms with Crippen molar-refractivity contribution in [3.05, 3.63) is 29.8 Å². The maximum Gasteiger partial charge on any atom is 0.332 e. The fraction of sp³-hybridized carbons (Fsp3) is 0.250. The van der Waals surface area contributed by atoms with Gasteiger partial charge in [-0.15, -0.1) is 0 Å². The van der Waals surface area contributed by atoms with E-state index in [2.05, 4.69) is 0 Å². The van der Waals surface area contributed by atoms with Crippen LogP contribution < -0.4 is 4.74 Å². The molecule has 0 spiro atoms. The van der Waals surface area contributed by atoms with Crippen molar-refractivity contribution in [2.75, 3.05) is 14.2 Å². The number of hydrogen-bond acceptors (Lipinski definition) is 4. The van der Waals surface area contributed by atoms with Crippen LogP contribution >= 0.6 is 12.2 Å². The Morgan fingerprint density at radius 1 is 1.22 bits per heavy atom. The van der Waals surface area contributed by atoms with E-state index in [1.807, 2.05) is 12.1 Å². The van der Waals surface area contributed by atoms with E-state index in [1.54, 1.807) is 19.2 Å². The first kappa shape index (κ1) is 12.5. The van der Waals surface area contributed by atoms with Gasteiger partial charge in [0.1, 0.15) is 5.75 Å². The van der Waals surface area contributed by atoms with Crippen LogP contribution in [0.3, 0.4) is 0 Å². The quantitative estimate of drug-likeness (QED) is 0.612. The first-order chi connectivity index (χ1) is 8.54. The molecule has 1 aliphatic heterocycles. The van der Waals surface area contributed by atoms with Crippen molar-refractivity contribution in [1.82, 2.24) is 9.80 Å². The number of thiocarbonyl (C=S) groups is 1. The van der Waals surface area contributed by atoms with Gasteiger partial charge < -0.3 is 4.74 Å². The molecule has 1 aromatic rings. The van der Waals surface area contributed by atoms with E-state index in [9.17, 15) is 9.59 Å². The molecule has 3 amide bonds. The van der Waals surface area contributed by atoms with Gasteiger partial charge in [0.15, 0.2) is 4.99 Å². The molecule has 1 aromatic carbocycles. The average molecular weight is 264 g/mol. The molecule has 0 aromatic heterocycles. The number of urea groups is 1. The van der Waals surface area contributed by atoms with Crippen molar-refractivity contribution in [2.24, 2.45) is 0 Å². The van der Waals surface area contributed by atoms with Gasteiger partial charge in [0.2, 0.25) is 0 Å². The number of benzene rings is 1. The molecule has 1 aliphatic rings. The second kappa shape index (κ2) is 4.73. The van der Waals surface area contributed by atoms with Crippen LogP contribution in [-0.2, 0) is 11.3 Å². The lowest BCUT2D eigenvalue weighted by Crippen LogP contribution is -2.30. The van der Waals surface area contributed by atoms with Crippen molar-refractivity contribution in [3.63, 3.8) is 0 Å². The number of amides is 3. The average Bonchev–Trinajstić information content (AvgIpc) is 2.57. The molecule has 1 saturated heterocycles. The summed E-state index contributed by atoms with van der Waals surface area (Å²) in [5, 5.41) is 0. The monoisotopic (exact) mass is 264 g/mol. The van der Waals surface area contributed by atoms with Crippen LogP contribution in [0.5, 0.6) is 5.75 Å². The Morgan fingerprint density at radius 3 is 2.28 bits per heavy atom. The molecule has 0 bridgehead atoms. The van der Waals surface area contributed by atoms with Crippen molar-refractivity contribution in [1.29, 1.82) is 0 Å². The summed E-state index contributed by atoms with van der Waals surface area (Å²) < 4.78 is 5.05. The van der Waals surface area contributed by atoms with Crippen LogP contribution in [0.2, 0.25) is 0 Å². The molecule has 2 rings (SSSR count). The highest BCUT2D eigenvalue weighted by atomic mass is 32.1. The zero-order valence-corrected chi connectivity index (χ0v) is 10.9. The van der Waals surface area contributed by atoms with E-state index in [4.69, 9.17) is 17.0 Å². The molecular formula is C12H12N2O3S. The summed E-state index contributed by atoms with van der Waals surface area (Å²) >= 11 is 4.95. The lowest BCUT2D eigenvalue weighted by Gasteiger charge is -2.14. The second-order valence-electron chi connectivity index (χ2n) is 3.89. The topological polar surface area (TPSA) is 49.9 Å². The number of nitrogens with zero attached hydrogens (tertiary/aromatic N) is 2. The van der Waals surface area contributed by atoms with Gasteiger partial charge in [0.05, 0.1) is 13.7 Å². The molecule has 18 heavy (non-hydrogen) atoms. The lowest BCUT2D eigenvalue weighted by molar-refractivity contribution is -0.119. The predicted octanol–water partition coefficient (Wildman–Crippen LogP) is 1.42. The van der Waals surface area contributed by atoms with E-state index in [0.717, 1.165) is 16.2 Å². The molecular weight excluding hydrogens is 252 g/mol. The Bertz CT molecular complexity index is 513. The summed E-state index contributed by atoms with van der Waals surface area (Å²) in [5.74, 6) is 0.311. The lowest BCUT2D eigenvalue weighted by atomic mass is 10.2. The Kier molecular flexibility index (Phi) is 3.29. The molecule has 1 fully saturated rings. The van der Waals surface area contributed by atoms with E-state index in [-0.39, 0.29) is 17.6 Å². The van der Waals surface area contributed by atoms with Gasteiger partial charge >= 0.3 is 6.03 Å². The fourth-order valence-corrected chi connectivity index (χ4v) is 1.95. The van der Waals surface area contributed by atoms with E-state index >= 15 is 0 Å². The normalized spacial score (nSPS) is 15.6. The molecule has 1 heterocycles. The minimum absolute atomic E-state index is 0.0401. The van der Waals surface area contributed by atoms with Gasteiger partial charge in [-0.2, -0.15) is 0 Å². The Hall–Kier alpha value is -1.95. The third-order valence-electron chi connectivity index (χ3n) is 2.75. The van der Waals surface area contributed by atoms with Crippen LogP contribution in [0.4, 0.5) is 4.79 Å². The third kappa shape index (κ3) is 2.06. The maximum absolute atomic E-state index is 11.8. The van der Waals surface area contributed by atoms with Crippen LogP contribution in [0, 0.1) is 0 Å². The van der Waals surface area contributed by atoms with Crippen LogP contribution in [0.1, 0.15) is 5.56 Å². The Labute approximate surface area is 110 Å². The molecule has 0 unspecified atom stereocenters. The second-order valence-corrected chi connectivity index (χ2v) is 4.27. The van der Waals surface area contributed by atoms with Gasteiger partial charge in [-0.1, -0.05) is 24.4 Å². The van der Waals surface area contributed by atoms with Crippen LogP contribution in [0.15, 0.2) is 24.3 Å². The highest BCUT2D eigenvalue weighted by molar-refractivity contribution is 7.82. The minimum atomic E-state index is -0.427. The zero-order chi connectivity index (χ0) is 13.3. The molecule has 0 N–H and O–H groups in total. The van der Waals surface area contributed by atoms with Gasteiger partial charge in [-0.05, 0) is 17.7 Å². The van der Waals surface area contributed by atoms with Crippen molar-refractivity contribution in [3.8, 4) is 5.75 Å². The van der Waals surface area contributed by atoms with Gasteiger partial charge in [0.25, 0.3) is 5.91 Å². The first-order valence-corrected chi connectivity index (χ1v) is 5.72. The SMILES string of the molecule is COc1ccc(CN2C(=O)N(C)C(=O)C2=S)cc1. The number of likely N-dealkylation sites (N-methyl/N-ethyl adjacent to an activating group) is 1. The van der Waals surface area contributed by atoms with Crippen LogP contribution in [-0.4, -0.2) is 40.9 Å². The zero-order valence-electron chi connectivity index (χ0n) is 10.0. The van der Waals surface area contributed by atoms with Gasteiger partial charge in [-0.25, -0.2) is 4.79 Å². The Morgan fingerprint density at radius 2 is 1.83 bits per heavy atom. The number of methoxy groups -OCH3 is 1. The van der Waals surface area contributed by atoms with Crippen molar-refractivity contribution in [2.45, 2.75) is 6.54 Å². The fourth-order valence-electron chi connectivity index (χ4n) is 1.67. The van der Waals surface area contributed by atoms with Crippen molar-refractivity contribution >= 4 is 29.1 Å². The number of hydrogen-bond donors (Lipinski definition) is 0. The number of rotatable bonds is 3. The van der Waals surface area contributed by atoms with Gasteiger partial charge in [-0.3, -0.25) is 14.6 Å². The molecule has 0 saturated carbocycles. The minimum Gasteiger partial charge on any atom is -0.497 e. The van der Waals surface area contributed by atoms with E-state index in [1.165, 1.54) is 11.9 Å². The van der Waals surface area contributed by atoms with Crippen LogP contribution in [0.25, 0.3) is 0 Å². The van der Waals surface area contributed by atoms with Gasteiger partial charge in [0, 0.05) is 7.05 Å². The van der Waals surface area contributed by atoms with E-state index < -0.39 is 5.91 Å². The Balaban J connectivity index is 2.16. The molecule has 0 aliphatic carbocycles. The molecule has 6 heteroatoms. The third-order valence-corrected chi connectivity index (χ3v) is 3.15. The summed E-state index contributed by atoms with van der Waals surface area (Å²) in [4.78, 5) is 25.6. The smallest absolute Gasteiger partial charge is 0.332 e. The number of imide groups is 1. The predicted molar refractivity (Wildman–Crippen MR) is 69.3 cm³/mol. The standard InChI is InChI=1S/C12H12N2O3S/c1-13-10(15)11(18)14(12(13)16)7-8-3-5-9(17-2)6-4-8/h3-6H,7H2,1-2H3. The molecule has 5 nitrogen and oxygen atoms in total. The number of carbonyl (C=O) groups excluding carboxylic acids is 2. The summed E-state index contributed by atoms with van der Waals surface area (Å²) in [6.45, 7) is 0.289. The summed E-state index contributed by atoms with van der Waals surface area (Å²) in [5.41, 5.74) is 0.884. The summed E-state index contributed by atoms with van der Waals surface area (Å²) in [6.07, 6.45) is 0. The maximum atomic E-state index is 11.8. The number of carbonyl (C=O) groups is 2. The summed E-state index contributed by atoms with van der Waals surface area (Å²) in [7, 11) is 3.01. The molecule has 0 atom stereocenters. The van der Waals surface area contributed by atoms with E-state index in [0.29, 0.717) is 0 Å². The summed E-state index contributed by atoms with van der Waals surface area (Å²) in [6, 6.07) is 6.87.